The molecule has 3 rings (SSSR count). The van der Waals surface area contributed by atoms with Gasteiger partial charge in [0.2, 0.25) is 5.91 Å². The zero-order valence-corrected chi connectivity index (χ0v) is 21.7. The highest BCUT2D eigenvalue weighted by molar-refractivity contribution is 6.06. The number of esters is 2. The Morgan fingerprint density at radius 2 is 1.65 bits per heavy atom. The van der Waals surface area contributed by atoms with Gasteiger partial charge in [0.1, 0.15) is 11.5 Å². The number of carbonyl (C=O) groups is 3. The fraction of sp³-hybridized carbons (Fsp3) is 0.286. The summed E-state index contributed by atoms with van der Waals surface area (Å²) >= 11 is 0. The molecule has 0 aromatic heterocycles. The van der Waals surface area contributed by atoms with Gasteiger partial charge in [-0.1, -0.05) is 51.1 Å². The molecule has 1 aliphatic heterocycles. The number of nitrogens with zero attached hydrogens (tertiary/aromatic N) is 2. The predicted octanol–water partition coefficient (Wildman–Crippen LogP) is 3.88. The maximum atomic E-state index is 13.2. The number of carbonyl (C=O) groups excluding carboxylic acids is 3. The van der Waals surface area contributed by atoms with Crippen molar-refractivity contribution in [2.75, 3.05) is 24.4 Å². The quantitative estimate of drug-likeness (QED) is 0.588. The smallest absolute Gasteiger partial charge is 0.355 e. The number of hydrogen-bond donors (Lipinski definition) is 2. The molecule has 37 heavy (non-hydrogen) atoms. The summed E-state index contributed by atoms with van der Waals surface area (Å²) in [6.45, 7) is 7.20. The summed E-state index contributed by atoms with van der Waals surface area (Å²) in [6, 6.07) is 15.9. The lowest BCUT2D eigenvalue weighted by molar-refractivity contribution is -0.139. The van der Waals surface area contributed by atoms with Crippen LogP contribution in [0.25, 0.3) is 0 Å². The molecular formula is C28H30N4O5. The van der Waals surface area contributed by atoms with E-state index in [2.05, 4.69) is 11.4 Å². The van der Waals surface area contributed by atoms with E-state index in [1.54, 1.807) is 76.2 Å². The Labute approximate surface area is 216 Å². The van der Waals surface area contributed by atoms with Crippen LogP contribution in [0.15, 0.2) is 71.2 Å². The molecular weight excluding hydrogens is 472 g/mol. The van der Waals surface area contributed by atoms with Gasteiger partial charge in [-0.2, -0.15) is 5.26 Å². The minimum absolute atomic E-state index is 0.0321. The largest absolute Gasteiger partial charge is 0.466 e. The van der Waals surface area contributed by atoms with Crippen LogP contribution in [-0.2, 0) is 23.9 Å². The first-order valence-electron chi connectivity index (χ1n) is 11.5. The Kier molecular flexibility index (Phi) is 7.73. The van der Waals surface area contributed by atoms with E-state index in [0.717, 1.165) is 0 Å². The molecule has 1 aliphatic rings. The van der Waals surface area contributed by atoms with Crippen LogP contribution in [0.5, 0.6) is 0 Å². The summed E-state index contributed by atoms with van der Waals surface area (Å²) in [5.74, 6) is -2.78. The molecule has 0 bridgehead atoms. The number of nitrogens with two attached hydrogens (primary N) is 1. The topological polar surface area (TPSA) is 135 Å². The lowest BCUT2D eigenvalue weighted by Crippen LogP contribution is -2.40. The molecule has 9 heteroatoms. The fourth-order valence-corrected chi connectivity index (χ4v) is 4.02. The lowest BCUT2D eigenvalue weighted by Gasteiger charge is -2.36. The van der Waals surface area contributed by atoms with Crippen molar-refractivity contribution in [3.8, 4) is 6.07 Å². The van der Waals surface area contributed by atoms with Crippen LogP contribution in [0.4, 0.5) is 11.4 Å². The molecule has 9 nitrogen and oxygen atoms in total. The van der Waals surface area contributed by atoms with Gasteiger partial charge in [-0.05, 0) is 36.2 Å². The van der Waals surface area contributed by atoms with Crippen molar-refractivity contribution in [3.05, 3.63) is 82.3 Å². The molecule has 3 N–H and O–H groups in total. The van der Waals surface area contributed by atoms with Gasteiger partial charge < -0.3 is 20.5 Å². The zero-order valence-electron chi connectivity index (χ0n) is 21.7. The van der Waals surface area contributed by atoms with Crippen LogP contribution < -0.4 is 16.0 Å². The minimum Gasteiger partial charge on any atom is -0.466 e. The van der Waals surface area contributed by atoms with Gasteiger partial charge in [-0.15, -0.1) is 0 Å². The van der Waals surface area contributed by atoms with Crippen molar-refractivity contribution >= 4 is 29.2 Å². The summed E-state index contributed by atoms with van der Waals surface area (Å²) < 4.78 is 10.1. The average molecular weight is 503 g/mol. The van der Waals surface area contributed by atoms with E-state index in [9.17, 15) is 19.6 Å². The van der Waals surface area contributed by atoms with Gasteiger partial charge in [0.25, 0.3) is 0 Å². The number of nitriles is 1. The fourth-order valence-electron chi connectivity index (χ4n) is 4.02. The molecule has 1 atom stereocenters. The molecule has 0 radical (unpaired) electrons. The molecule has 1 heterocycles. The Bertz CT molecular complexity index is 1350. The van der Waals surface area contributed by atoms with E-state index in [4.69, 9.17) is 15.2 Å². The number of anilines is 2. The number of nitrogens with one attached hydrogen (secondary N) is 1. The molecule has 0 aliphatic carbocycles. The highest BCUT2D eigenvalue weighted by Gasteiger charge is 2.43. The van der Waals surface area contributed by atoms with Crippen molar-refractivity contribution in [1.82, 2.24) is 0 Å². The van der Waals surface area contributed by atoms with Gasteiger partial charge in [-0.25, -0.2) is 9.59 Å². The minimum atomic E-state index is -0.949. The number of amides is 1. The molecule has 2 aromatic carbocycles. The highest BCUT2D eigenvalue weighted by atomic mass is 16.5. The number of hydrogen-bond acceptors (Lipinski definition) is 8. The number of ether oxygens (including phenoxy) is 2. The maximum absolute atomic E-state index is 13.2. The molecule has 0 spiro atoms. The van der Waals surface area contributed by atoms with E-state index in [1.807, 2.05) is 0 Å². The van der Waals surface area contributed by atoms with Gasteiger partial charge in [-0.3, -0.25) is 9.69 Å². The summed E-state index contributed by atoms with van der Waals surface area (Å²) in [5.41, 5.74) is 7.98. The molecule has 1 unspecified atom stereocenters. The van der Waals surface area contributed by atoms with Crippen LogP contribution in [-0.4, -0.2) is 32.1 Å². The molecule has 0 fully saturated rings. The normalized spacial score (nSPS) is 15.7. The predicted molar refractivity (Wildman–Crippen MR) is 139 cm³/mol. The highest BCUT2D eigenvalue weighted by Crippen LogP contribution is 2.43. The van der Waals surface area contributed by atoms with Gasteiger partial charge in [0.15, 0.2) is 0 Å². The van der Waals surface area contributed by atoms with E-state index < -0.39 is 23.3 Å². The SMILES string of the molecule is COC(=O)C1=C(C(=O)OC)N(c2ccc(NC(=O)C(C)(C)C)c(C)c2)C(N)=C(C#N)C1c1ccccc1. The first-order valence-corrected chi connectivity index (χ1v) is 11.5. The van der Waals surface area contributed by atoms with E-state index >= 15 is 0 Å². The second-order valence-electron chi connectivity index (χ2n) is 9.54. The molecule has 0 saturated carbocycles. The average Bonchev–Trinajstić information content (AvgIpc) is 2.88. The summed E-state index contributed by atoms with van der Waals surface area (Å²) in [6.07, 6.45) is 0. The van der Waals surface area contributed by atoms with Crippen LogP contribution in [0.2, 0.25) is 0 Å². The van der Waals surface area contributed by atoms with Crippen molar-refractivity contribution in [1.29, 1.82) is 5.26 Å². The molecule has 2 aromatic rings. The monoisotopic (exact) mass is 502 g/mol. The van der Waals surface area contributed by atoms with E-state index in [-0.39, 0.29) is 28.6 Å². The molecule has 1 amide bonds. The van der Waals surface area contributed by atoms with Crippen LogP contribution in [0, 0.1) is 23.7 Å². The lowest BCUT2D eigenvalue weighted by atomic mass is 9.81. The molecule has 192 valence electrons. The van der Waals surface area contributed by atoms with E-state index in [0.29, 0.717) is 22.5 Å². The van der Waals surface area contributed by atoms with Gasteiger partial charge in [0.05, 0.1) is 37.4 Å². The summed E-state index contributed by atoms with van der Waals surface area (Å²) in [5, 5.41) is 13.0. The Hall–Kier alpha value is -4.58. The molecule has 0 saturated heterocycles. The van der Waals surface area contributed by atoms with Crippen molar-refractivity contribution in [3.63, 3.8) is 0 Å². The van der Waals surface area contributed by atoms with E-state index in [1.165, 1.54) is 19.1 Å². The summed E-state index contributed by atoms with van der Waals surface area (Å²) in [7, 11) is 2.39. The Morgan fingerprint density at radius 3 is 2.16 bits per heavy atom. The first-order chi connectivity index (χ1) is 17.5. The standard InChI is InChI=1S/C28H30N4O5/c1-16-14-18(12-13-20(16)31-27(35)28(2,3)4)32-23(26(34)37-6)22(25(33)36-5)21(19(15-29)24(32)30)17-10-8-7-9-11-17/h7-14,21H,30H2,1-6H3,(H,31,35). The van der Waals surface area contributed by atoms with Crippen LogP contribution in [0.1, 0.15) is 37.8 Å². The van der Waals surface area contributed by atoms with Crippen molar-refractivity contribution in [2.45, 2.75) is 33.6 Å². The van der Waals surface area contributed by atoms with Crippen molar-refractivity contribution in [2.24, 2.45) is 11.1 Å². The Balaban J connectivity index is 2.28. The van der Waals surface area contributed by atoms with Gasteiger partial charge in [0, 0.05) is 16.8 Å². The Morgan fingerprint density at radius 1 is 1.03 bits per heavy atom. The third kappa shape index (κ3) is 5.19. The second kappa shape index (κ2) is 10.6. The third-order valence-electron chi connectivity index (χ3n) is 6.01. The van der Waals surface area contributed by atoms with Crippen LogP contribution >= 0.6 is 0 Å². The summed E-state index contributed by atoms with van der Waals surface area (Å²) in [4.78, 5) is 40.1. The number of benzene rings is 2. The second-order valence-corrected chi connectivity index (χ2v) is 9.54. The third-order valence-corrected chi connectivity index (χ3v) is 6.01. The maximum Gasteiger partial charge on any atom is 0.355 e. The first kappa shape index (κ1) is 27.0. The number of methoxy groups -OCH3 is 2. The number of aryl methyl sites for hydroxylation is 1. The van der Waals surface area contributed by atoms with Crippen LogP contribution in [0.3, 0.4) is 0 Å². The zero-order chi connectivity index (χ0) is 27.5. The van der Waals surface area contributed by atoms with Gasteiger partial charge >= 0.3 is 11.9 Å². The number of allylic oxidation sites excluding steroid dienone is 1. The number of rotatable bonds is 5. The van der Waals surface area contributed by atoms with Crippen molar-refractivity contribution < 1.29 is 23.9 Å².